The van der Waals surface area contributed by atoms with Gasteiger partial charge >= 0.3 is 0 Å². The molecule has 1 aliphatic carbocycles. The minimum absolute atomic E-state index is 0.883. The van der Waals surface area contributed by atoms with Crippen LogP contribution in [0.3, 0.4) is 0 Å². The van der Waals surface area contributed by atoms with Crippen LogP contribution in [0.25, 0.3) is 89.6 Å². The van der Waals surface area contributed by atoms with Crippen LogP contribution in [0, 0.1) is 0 Å². The Hall–Kier alpha value is -7.36. The van der Waals surface area contributed by atoms with Crippen molar-refractivity contribution in [2.75, 3.05) is 5.32 Å². The Kier molecular flexibility index (Phi) is 7.96. The molecule has 1 N–H and O–H groups in total. The Morgan fingerprint density at radius 3 is 2.11 bits per heavy atom. The number of anilines is 1. The fraction of sp³-hybridized carbons (Fsp3) is 0.0370. The molecule has 3 heteroatoms. The molecule has 7 aromatic carbocycles. The van der Waals surface area contributed by atoms with E-state index in [1.807, 2.05) is 12.3 Å². The molecule has 0 atom stereocenters. The molecule has 0 amide bonds. The summed E-state index contributed by atoms with van der Waals surface area (Å²) in [5.74, 6) is 0. The summed E-state index contributed by atoms with van der Waals surface area (Å²) in [7, 11) is 0. The third-order valence-electron chi connectivity index (χ3n) is 11.5. The topological polar surface area (TPSA) is 30.1 Å². The number of benzene rings is 7. The van der Waals surface area contributed by atoms with Gasteiger partial charge in [-0.25, -0.2) is 0 Å². The average molecular weight is 731 g/mol. The van der Waals surface area contributed by atoms with Crippen molar-refractivity contribution in [3.8, 4) is 39.1 Å². The van der Waals surface area contributed by atoms with Gasteiger partial charge in [0.2, 0.25) is 0 Å². The number of fused-ring (bicyclic) bond motifs is 9. The van der Waals surface area contributed by atoms with Gasteiger partial charge in [0.1, 0.15) is 11.2 Å². The highest BCUT2D eigenvalue weighted by atomic mass is 16.3. The van der Waals surface area contributed by atoms with E-state index in [0.29, 0.717) is 0 Å². The summed E-state index contributed by atoms with van der Waals surface area (Å²) >= 11 is 0. The smallest absolute Gasteiger partial charge is 0.143 e. The molecule has 270 valence electrons. The summed E-state index contributed by atoms with van der Waals surface area (Å²) in [4.78, 5) is 0. The first kappa shape index (κ1) is 33.0. The second-order valence-corrected chi connectivity index (χ2v) is 14.8. The average Bonchev–Trinajstić information content (AvgIpc) is 3.82. The summed E-state index contributed by atoms with van der Waals surface area (Å²) < 4.78 is 9.25. The van der Waals surface area contributed by atoms with Crippen LogP contribution in [0.15, 0.2) is 193 Å². The van der Waals surface area contributed by atoms with E-state index in [1.165, 1.54) is 44.5 Å². The van der Waals surface area contributed by atoms with E-state index in [4.69, 9.17) is 4.42 Å². The lowest BCUT2D eigenvalue weighted by Crippen LogP contribution is -2.02. The normalized spacial score (nSPS) is 15.0. The van der Waals surface area contributed by atoms with Gasteiger partial charge in [-0.3, -0.25) is 0 Å². The summed E-state index contributed by atoms with van der Waals surface area (Å²) in [5.41, 5.74) is 18.2. The lowest BCUT2D eigenvalue weighted by Gasteiger charge is -2.14. The molecule has 3 nitrogen and oxygen atoms in total. The van der Waals surface area contributed by atoms with Gasteiger partial charge in [0.25, 0.3) is 0 Å². The maximum absolute atomic E-state index is 6.80. The molecule has 1 aliphatic heterocycles. The second kappa shape index (κ2) is 13.7. The minimum Gasteiger partial charge on any atom is -0.455 e. The first-order chi connectivity index (χ1) is 28.3. The zero-order valence-electron chi connectivity index (χ0n) is 31.3. The molecule has 9 aromatic rings. The van der Waals surface area contributed by atoms with Gasteiger partial charge < -0.3 is 14.3 Å². The first-order valence-corrected chi connectivity index (χ1v) is 19.7. The zero-order valence-corrected chi connectivity index (χ0v) is 31.3. The van der Waals surface area contributed by atoms with Crippen molar-refractivity contribution in [3.05, 3.63) is 211 Å². The molecular weight excluding hydrogens is 693 g/mol. The van der Waals surface area contributed by atoms with Crippen molar-refractivity contribution in [1.82, 2.24) is 4.57 Å². The van der Waals surface area contributed by atoms with Crippen molar-refractivity contribution in [2.45, 2.75) is 12.8 Å². The Bertz CT molecular complexity index is 3130. The van der Waals surface area contributed by atoms with E-state index in [-0.39, 0.29) is 0 Å². The third-order valence-corrected chi connectivity index (χ3v) is 11.5. The molecule has 0 saturated heterocycles. The predicted octanol–water partition coefficient (Wildman–Crippen LogP) is 14.5. The highest BCUT2D eigenvalue weighted by Crippen LogP contribution is 2.41. The van der Waals surface area contributed by atoms with Crippen LogP contribution in [0.1, 0.15) is 28.8 Å². The van der Waals surface area contributed by atoms with E-state index >= 15 is 0 Å². The van der Waals surface area contributed by atoms with Gasteiger partial charge in [-0.2, -0.15) is 0 Å². The van der Waals surface area contributed by atoms with Gasteiger partial charge in [0, 0.05) is 61.7 Å². The van der Waals surface area contributed by atoms with Crippen LogP contribution < -0.4 is 5.32 Å². The monoisotopic (exact) mass is 730 g/mol. The highest BCUT2D eigenvalue weighted by molar-refractivity contribution is 6.12. The van der Waals surface area contributed by atoms with Crippen LogP contribution in [-0.2, 0) is 6.42 Å². The molecule has 0 fully saturated rings. The largest absolute Gasteiger partial charge is 0.455 e. The number of nitrogens with one attached hydrogen (secondary N) is 1. The zero-order chi connectivity index (χ0) is 37.7. The number of nitrogens with zero attached hydrogens (tertiary/aromatic N) is 1. The number of hydrogen-bond acceptors (Lipinski definition) is 2. The summed E-state index contributed by atoms with van der Waals surface area (Å²) in [6, 6.07) is 56.5. The molecule has 57 heavy (non-hydrogen) atoms. The molecule has 0 unspecified atom stereocenters. The summed E-state index contributed by atoms with van der Waals surface area (Å²) in [5, 5.41) is 7.17. The lowest BCUT2D eigenvalue weighted by molar-refractivity contribution is 0.669. The molecule has 0 radical (unpaired) electrons. The van der Waals surface area contributed by atoms with Crippen molar-refractivity contribution >= 4 is 56.3 Å². The predicted molar refractivity (Wildman–Crippen MR) is 240 cm³/mol. The van der Waals surface area contributed by atoms with E-state index < -0.39 is 0 Å². The van der Waals surface area contributed by atoms with Gasteiger partial charge in [-0.05, 0) is 88.7 Å². The number of allylic oxidation sites excluding steroid dienone is 5. The van der Waals surface area contributed by atoms with E-state index in [0.717, 1.165) is 73.9 Å². The highest BCUT2D eigenvalue weighted by Gasteiger charge is 2.20. The van der Waals surface area contributed by atoms with Crippen molar-refractivity contribution in [3.63, 3.8) is 0 Å². The molecule has 2 aromatic heterocycles. The van der Waals surface area contributed by atoms with Gasteiger partial charge in [0.15, 0.2) is 0 Å². The number of hydrogen-bond donors (Lipinski definition) is 1. The van der Waals surface area contributed by atoms with Crippen LogP contribution in [0.4, 0.5) is 5.69 Å². The van der Waals surface area contributed by atoms with E-state index in [2.05, 4.69) is 198 Å². The standard InChI is InChI=1S/C54H38N2O/c1-3-14-36(15-4-1)42-22-12-24-46-47-25-13-23-43(54(47)57-53(42)46)38-17-11-16-37-28-29-39(34-48(37)44-20-7-9-26-50(44)55-33-32-38)40-30-31-52-49(35-40)45-21-8-10-27-51(45)56(52)41-18-5-2-6-19-41/h1-9,11-26,28-35,55H,10,27H2/b16-11?,33-32+,38-17+. The van der Waals surface area contributed by atoms with Gasteiger partial charge in [-0.1, -0.05) is 152 Å². The van der Waals surface area contributed by atoms with Crippen molar-refractivity contribution in [2.24, 2.45) is 0 Å². The summed E-state index contributed by atoms with van der Waals surface area (Å²) in [6.07, 6.45) is 17.5. The second-order valence-electron chi connectivity index (χ2n) is 14.8. The van der Waals surface area contributed by atoms with Crippen LogP contribution >= 0.6 is 0 Å². The molecule has 0 spiro atoms. The molecule has 3 heterocycles. The Balaban J connectivity index is 1.02. The number of rotatable bonds is 4. The quantitative estimate of drug-likeness (QED) is 0.195. The van der Waals surface area contributed by atoms with Crippen LogP contribution in [0.5, 0.6) is 0 Å². The molecule has 0 saturated carbocycles. The van der Waals surface area contributed by atoms with Crippen LogP contribution in [-0.4, -0.2) is 4.57 Å². The maximum atomic E-state index is 6.80. The van der Waals surface area contributed by atoms with Crippen molar-refractivity contribution in [1.29, 1.82) is 0 Å². The fourth-order valence-electron chi connectivity index (χ4n) is 8.84. The minimum atomic E-state index is 0.883. The number of furan rings is 1. The Morgan fingerprint density at radius 2 is 1.25 bits per heavy atom. The first-order valence-electron chi connectivity index (χ1n) is 19.7. The van der Waals surface area contributed by atoms with E-state index in [9.17, 15) is 0 Å². The molecule has 11 rings (SSSR count). The summed E-state index contributed by atoms with van der Waals surface area (Å²) in [6.45, 7) is 0. The van der Waals surface area contributed by atoms with Gasteiger partial charge in [-0.15, -0.1) is 0 Å². The molecule has 2 aliphatic rings. The van der Waals surface area contributed by atoms with Gasteiger partial charge in [0.05, 0.1) is 5.52 Å². The number of aromatic nitrogens is 1. The fourth-order valence-corrected chi connectivity index (χ4v) is 8.84. The Morgan fingerprint density at radius 1 is 0.526 bits per heavy atom. The molecule has 0 bridgehead atoms. The maximum Gasteiger partial charge on any atom is 0.143 e. The SMILES string of the molecule is C1=Cc2ccc(-c3ccc4c(c3)c3c(n4-c4ccccc4)CCC=C3)cc2-c2ccccc2N/C=C/C(c2cccc3c2oc2c(-c4ccccc4)cccc23)=C\1. The molecular formula is C54H38N2O. The third kappa shape index (κ3) is 5.67. The van der Waals surface area contributed by atoms with Crippen LogP contribution in [0.2, 0.25) is 0 Å². The Labute approximate surface area is 331 Å². The van der Waals surface area contributed by atoms with Crippen molar-refractivity contribution < 1.29 is 4.42 Å². The van der Waals surface area contributed by atoms with E-state index in [1.54, 1.807) is 0 Å². The lowest BCUT2D eigenvalue weighted by atomic mass is 9.92. The number of para-hydroxylation sites is 4.